The molecule has 1 aliphatic rings. The molecule has 142 valence electrons. The van der Waals surface area contributed by atoms with E-state index in [0.717, 1.165) is 24.2 Å². The molecule has 0 fully saturated rings. The molecule has 27 heavy (non-hydrogen) atoms. The van der Waals surface area contributed by atoms with E-state index in [4.69, 9.17) is 14.2 Å². The summed E-state index contributed by atoms with van der Waals surface area (Å²) in [5, 5.41) is 0. The van der Waals surface area contributed by atoms with Crippen LogP contribution in [0, 0.1) is 0 Å². The van der Waals surface area contributed by atoms with Gasteiger partial charge in [-0.15, -0.1) is 0 Å². The van der Waals surface area contributed by atoms with E-state index in [9.17, 15) is 9.59 Å². The number of carbonyl (C=O) groups excluding carboxylic acids is 2. The Balaban J connectivity index is 2.00. The number of hydrogen-bond acceptors (Lipinski definition) is 5. The van der Waals surface area contributed by atoms with Crippen LogP contribution in [0.4, 0.5) is 0 Å². The van der Waals surface area contributed by atoms with Gasteiger partial charge in [-0.25, -0.2) is 4.79 Å². The van der Waals surface area contributed by atoms with E-state index in [-0.39, 0.29) is 19.5 Å². The molecule has 1 aliphatic heterocycles. The molecule has 0 N–H and O–H groups in total. The summed E-state index contributed by atoms with van der Waals surface area (Å²) in [6, 6.07) is 7.84. The molecule has 1 atom stereocenters. The molecule has 5 nitrogen and oxygen atoms in total. The summed E-state index contributed by atoms with van der Waals surface area (Å²) in [4.78, 5) is 23.0. The largest absolute Gasteiger partial charge is 0.458 e. The van der Waals surface area contributed by atoms with Gasteiger partial charge in [0, 0.05) is 6.42 Å². The highest BCUT2D eigenvalue weighted by Crippen LogP contribution is 2.22. The summed E-state index contributed by atoms with van der Waals surface area (Å²) in [7, 11) is 0. The van der Waals surface area contributed by atoms with Crippen molar-refractivity contribution < 1.29 is 23.8 Å². The Morgan fingerprint density at radius 1 is 1.26 bits per heavy atom. The lowest BCUT2D eigenvalue weighted by atomic mass is 9.98. The van der Waals surface area contributed by atoms with Crippen LogP contribution in [0.1, 0.15) is 17.5 Å². The zero-order valence-corrected chi connectivity index (χ0v) is 15.3. The van der Waals surface area contributed by atoms with Gasteiger partial charge in [0.1, 0.15) is 6.61 Å². The number of rotatable bonds is 10. The van der Waals surface area contributed by atoms with E-state index < -0.39 is 12.1 Å². The van der Waals surface area contributed by atoms with Crippen molar-refractivity contribution in [1.82, 2.24) is 0 Å². The fourth-order valence-corrected chi connectivity index (χ4v) is 2.69. The molecule has 1 aromatic carbocycles. The van der Waals surface area contributed by atoms with Crippen LogP contribution in [0.3, 0.4) is 0 Å². The minimum absolute atomic E-state index is 0.0439. The van der Waals surface area contributed by atoms with Gasteiger partial charge in [-0.05, 0) is 28.7 Å². The maximum Gasteiger partial charge on any atom is 0.348 e. The average molecular weight is 368 g/mol. The third kappa shape index (κ3) is 6.38. The molecule has 0 saturated heterocycles. The quantitative estimate of drug-likeness (QED) is 0.360. The molecule has 0 bridgehead atoms. The van der Waals surface area contributed by atoms with Crippen molar-refractivity contribution >= 4 is 18.0 Å². The van der Waals surface area contributed by atoms with E-state index in [1.165, 1.54) is 5.57 Å². The molecule has 0 amide bonds. The second kappa shape index (κ2) is 10.9. The molecule has 5 heteroatoms. The summed E-state index contributed by atoms with van der Waals surface area (Å²) in [6.45, 7) is 8.90. The van der Waals surface area contributed by atoms with Gasteiger partial charge in [0.15, 0.2) is 0 Å². The van der Waals surface area contributed by atoms with Gasteiger partial charge in [0.05, 0.1) is 13.2 Å². The molecule has 1 heterocycles. The normalized spacial score (nSPS) is 15.3. The molecule has 1 unspecified atom stereocenters. The summed E-state index contributed by atoms with van der Waals surface area (Å²) in [5.74, 6) is -0.602. The average Bonchev–Trinajstić information content (AvgIpc) is 2.71. The lowest BCUT2D eigenvalue weighted by Crippen LogP contribution is -2.29. The summed E-state index contributed by atoms with van der Waals surface area (Å²) in [5.41, 5.74) is 3.96. The van der Waals surface area contributed by atoms with Crippen molar-refractivity contribution in [2.24, 2.45) is 0 Å². The monoisotopic (exact) mass is 368 g/mol. The second-order valence-electron chi connectivity index (χ2n) is 5.97. The molecule has 0 spiro atoms. The highest BCUT2D eigenvalue weighted by atomic mass is 16.6. The molecule has 1 aromatic rings. The van der Waals surface area contributed by atoms with Crippen LogP contribution in [0.15, 0.2) is 67.3 Å². The lowest BCUT2D eigenvalue weighted by Gasteiger charge is -2.16. The Morgan fingerprint density at radius 2 is 2.04 bits per heavy atom. The van der Waals surface area contributed by atoms with Gasteiger partial charge in [-0.2, -0.15) is 0 Å². The van der Waals surface area contributed by atoms with Gasteiger partial charge < -0.3 is 14.2 Å². The van der Waals surface area contributed by atoms with Crippen LogP contribution in [0.5, 0.6) is 0 Å². The van der Waals surface area contributed by atoms with Crippen molar-refractivity contribution in [2.45, 2.75) is 18.9 Å². The maximum atomic E-state index is 12.3. The number of ether oxygens (including phenoxy) is 3. The Kier molecular flexibility index (Phi) is 8.26. The van der Waals surface area contributed by atoms with Crippen molar-refractivity contribution in [2.75, 3.05) is 19.8 Å². The van der Waals surface area contributed by atoms with E-state index in [0.29, 0.717) is 12.2 Å². The van der Waals surface area contributed by atoms with Crippen LogP contribution < -0.4 is 0 Å². The number of hydrogen-bond donors (Lipinski definition) is 0. The standard InChI is InChI=1S/C22H24O5/c1-3-5-17(4-2)15-26-22(24)21(27-16-23)14-18-6-8-19(9-7-18)20-10-12-25-13-11-20/h3-10,16,21H,1-2,11-15H2/b17-5+. The lowest BCUT2D eigenvalue weighted by molar-refractivity contribution is -0.160. The number of carbonyl (C=O) groups is 2. The fraction of sp³-hybridized carbons (Fsp3) is 0.273. The van der Waals surface area contributed by atoms with Crippen LogP contribution in [0.2, 0.25) is 0 Å². The predicted molar refractivity (Wildman–Crippen MR) is 104 cm³/mol. The van der Waals surface area contributed by atoms with E-state index in [1.54, 1.807) is 18.2 Å². The Labute approximate surface area is 159 Å². The molecule has 0 aromatic heterocycles. The molecular weight excluding hydrogens is 344 g/mol. The molecule has 2 rings (SSSR count). The van der Waals surface area contributed by atoms with Crippen molar-refractivity contribution in [1.29, 1.82) is 0 Å². The molecule has 0 aliphatic carbocycles. The predicted octanol–water partition coefficient (Wildman–Crippen LogP) is 3.42. The van der Waals surface area contributed by atoms with Gasteiger partial charge in [0.25, 0.3) is 6.47 Å². The van der Waals surface area contributed by atoms with Crippen LogP contribution in [-0.4, -0.2) is 38.4 Å². The van der Waals surface area contributed by atoms with Gasteiger partial charge in [-0.3, -0.25) is 4.79 Å². The zero-order chi connectivity index (χ0) is 19.5. The zero-order valence-electron chi connectivity index (χ0n) is 15.3. The number of esters is 1. The maximum absolute atomic E-state index is 12.3. The summed E-state index contributed by atoms with van der Waals surface area (Å²) < 4.78 is 15.5. The van der Waals surface area contributed by atoms with Crippen molar-refractivity contribution in [3.63, 3.8) is 0 Å². The van der Waals surface area contributed by atoms with Gasteiger partial charge in [0.2, 0.25) is 6.10 Å². The van der Waals surface area contributed by atoms with Gasteiger partial charge >= 0.3 is 5.97 Å². The minimum Gasteiger partial charge on any atom is -0.458 e. The Morgan fingerprint density at radius 3 is 2.63 bits per heavy atom. The highest BCUT2D eigenvalue weighted by Gasteiger charge is 2.22. The van der Waals surface area contributed by atoms with Gasteiger partial charge in [-0.1, -0.05) is 61.7 Å². The number of allylic oxidation sites excluding steroid dienone is 2. The van der Waals surface area contributed by atoms with E-state index in [2.05, 4.69) is 19.2 Å². The highest BCUT2D eigenvalue weighted by molar-refractivity contribution is 5.76. The van der Waals surface area contributed by atoms with E-state index in [1.807, 2.05) is 24.3 Å². The van der Waals surface area contributed by atoms with Crippen molar-refractivity contribution in [3.05, 3.63) is 78.4 Å². The number of benzene rings is 1. The smallest absolute Gasteiger partial charge is 0.348 e. The minimum atomic E-state index is -0.995. The third-order valence-corrected chi connectivity index (χ3v) is 4.17. The molecular formula is C22H24O5. The first-order chi connectivity index (χ1) is 13.2. The summed E-state index contributed by atoms with van der Waals surface area (Å²) in [6.07, 6.45) is 7.06. The molecule has 0 radical (unpaired) electrons. The second-order valence-corrected chi connectivity index (χ2v) is 5.97. The van der Waals surface area contributed by atoms with E-state index >= 15 is 0 Å². The molecule has 0 saturated carbocycles. The Hall–Kier alpha value is -2.92. The third-order valence-electron chi connectivity index (χ3n) is 4.17. The van der Waals surface area contributed by atoms with Crippen LogP contribution >= 0.6 is 0 Å². The first-order valence-electron chi connectivity index (χ1n) is 8.73. The van der Waals surface area contributed by atoms with Crippen LogP contribution in [-0.2, 0) is 30.2 Å². The SMILES string of the molecule is C=C/C=C(\C=C)COC(=O)C(Cc1ccc(C2=CCOCC2)cc1)OC=O. The first-order valence-corrected chi connectivity index (χ1v) is 8.73. The summed E-state index contributed by atoms with van der Waals surface area (Å²) >= 11 is 0. The fourth-order valence-electron chi connectivity index (χ4n) is 2.69. The topological polar surface area (TPSA) is 61.8 Å². The first kappa shape index (κ1) is 20.4. The van der Waals surface area contributed by atoms with Crippen LogP contribution in [0.25, 0.3) is 5.57 Å². The Bertz CT molecular complexity index is 728. The van der Waals surface area contributed by atoms with Crippen molar-refractivity contribution in [3.8, 4) is 0 Å².